The van der Waals surface area contributed by atoms with Crippen molar-refractivity contribution in [2.45, 2.75) is 19.9 Å². The molecule has 0 saturated heterocycles. The summed E-state index contributed by atoms with van der Waals surface area (Å²) >= 11 is 6.06. The molecule has 144 valence electrons. The van der Waals surface area contributed by atoms with Gasteiger partial charge in [0.2, 0.25) is 5.88 Å². The molecule has 0 spiro atoms. The molecule has 7 nitrogen and oxygen atoms in total. The first-order valence-electron chi connectivity index (χ1n) is 8.68. The third-order valence-corrected chi connectivity index (χ3v) is 4.36. The van der Waals surface area contributed by atoms with E-state index in [1.165, 1.54) is 0 Å². The van der Waals surface area contributed by atoms with Crippen LogP contribution in [0.3, 0.4) is 0 Å². The molecule has 2 aromatic carbocycles. The van der Waals surface area contributed by atoms with Crippen molar-refractivity contribution in [1.29, 1.82) is 0 Å². The van der Waals surface area contributed by atoms with Gasteiger partial charge in [-0.05, 0) is 44.2 Å². The van der Waals surface area contributed by atoms with Crippen LogP contribution in [0.4, 0.5) is 5.69 Å². The number of fused-ring (bicyclic) bond motifs is 1. The molecule has 0 bridgehead atoms. The first-order valence-corrected chi connectivity index (χ1v) is 9.06. The van der Waals surface area contributed by atoms with Gasteiger partial charge in [0.05, 0.1) is 5.52 Å². The van der Waals surface area contributed by atoms with Crippen LogP contribution in [0, 0.1) is 0 Å². The number of nitrogens with zero attached hydrogens (tertiary/aromatic N) is 3. The number of rotatable bonds is 5. The van der Waals surface area contributed by atoms with E-state index in [1.54, 1.807) is 53.1 Å². The number of hydrogen-bond donors (Lipinski definition) is 2. The molecule has 3 aromatic rings. The molecular weight excluding hydrogens is 380 g/mol. The van der Waals surface area contributed by atoms with Gasteiger partial charge in [-0.2, -0.15) is 0 Å². The molecule has 28 heavy (non-hydrogen) atoms. The van der Waals surface area contributed by atoms with Crippen LogP contribution < -0.4 is 5.32 Å². The number of benzene rings is 2. The monoisotopic (exact) mass is 398 g/mol. The highest BCUT2D eigenvalue weighted by atomic mass is 35.5. The molecule has 0 unspecified atom stereocenters. The standard InChI is InChI=1S/C20H19ClN4O3/c1-12(2)25-16-9-8-14(21)10-15(16)18(20(25)28)24-23-17(26)11-22-19(27)13-6-4-3-5-7-13/h3-10,12,28H,11H2,1-2H3,(H,22,27). The zero-order valence-electron chi connectivity index (χ0n) is 15.4. The highest BCUT2D eigenvalue weighted by Gasteiger charge is 2.19. The normalized spacial score (nSPS) is 11.4. The van der Waals surface area contributed by atoms with Crippen molar-refractivity contribution in [3.05, 3.63) is 59.1 Å². The molecule has 0 saturated carbocycles. The second-order valence-electron chi connectivity index (χ2n) is 6.44. The molecule has 0 aliphatic heterocycles. The number of halogens is 1. The third kappa shape index (κ3) is 4.04. The molecule has 1 aromatic heterocycles. The maximum atomic E-state index is 12.0. The molecule has 2 N–H and O–H groups in total. The Morgan fingerprint density at radius 1 is 1.18 bits per heavy atom. The van der Waals surface area contributed by atoms with Crippen LogP contribution >= 0.6 is 11.6 Å². The van der Waals surface area contributed by atoms with Crippen molar-refractivity contribution in [2.75, 3.05) is 6.54 Å². The molecule has 8 heteroatoms. The minimum Gasteiger partial charge on any atom is -0.493 e. The second-order valence-corrected chi connectivity index (χ2v) is 6.88. The maximum absolute atomic E-state index is 12.0. The summed E-state index contributed by atoms with van der Waals surface area (Å²) in [5.74, 6) is -1.12. The van der Waals surface area contributed by atoms with E-state index in [0.717, 1.165) is 5.52 Å². The zero-order chi connectivity index (χ0) is 20.3. The van der Waals surface area contributed by atoms with Gasteiger partial charge >= 0.3 is 0 Å². The molecule has 0 fully saturated rings. The van der Waals surface area contributed by atoms with Crippen LogP contribution in [0.25, 0.3) is 10.9 Å². The third-order valence-electron chi connectivity index (χ3n) is 4.13. The van der Waals surface area contributed by atoms with Crippen molar-refractivity contribution >= 4 is 40.0 Å². The Labute approximate surface area is 166 Å². The van der Waals surface area contributed by atoms with Gasteiger partial charge in [-0.25, -0.2) is 0 Å². The van der Waals surface area contributed by atoms with Crippen molar-refractivity contribution in [3.63, 3.8) is 0 Å². The molecule has 0 aliphatic rings. The number of aromatic hydroxyl groups is 1. The summed E-state index contributed by atoms with van der Waals surface area (Å²) in [5.41, 5.74) is 1.34. The molecule has 2 amide bonds. The average Bonchev–Trinajstić information content (AvgIpc) is 2.95. The van der Waals surface area contributed by atoms with Gasteiger partial charge in [-0.15, -0.1) is 10.2 Å². The molecular formula is C20H19ClN4O3. The topological polar surface area (TPSA) is 96.0 Å². The summed E-state index contributed by atoms with van der Waals surface area (Å²) in [6.07, 6.45) is 0. The van der Waals surface area contributed by atoms with E-state index < -0.39 is 5.91 Å². The highest BCUT2D eigenvalue weighted by molar-refractivity contribution is 6.31. The van der Waals surface area contributed by atoms with Crippen LogP contribution in [0.1, 0.15) is 30.2 Å². The van der Waals surface area contributed by atoms with Crippen molar-refractivity contribution in [2.24, 2.45) is 10.2 Å². The van der Waals surface area contributed by atoms with E-state index in [1.807, 2.05) is 13.8 Å². The molecule has 0 atom stereocenters. The zero-order valence-corrected chi connectivity index (χ0v) is 16.1. The minimum atomic E-state index is -0.642. The number of azo groups is 1. The number of aromatic nitrogens is 1. The summed E-state index contributed by atoms with van der Waals surface area (Å²) in [7, 11) is 0. The fourth-order valence-electron chi connectivity index (χ4n) is 2.87. The lowest BCUT2D eigenvalue weighted by Gasteiger charge is -2.10. The Hall–Kier alpha value is -3.19. The Balaban J connectivity index is 1.79. The number of carbonyl (C=O) groups is 2. The fraction of sp³-hybridized carbons (Fsp3) is 0.200. The van der Waals surface area contributed by atoms with Gasteiger partial charge in [0.15, 0.2) is 5.69 Å². The first-order chi connectivity index (χ1) is 13.4. The summed E-state index contributed by atoms with van der Waals surface area (Å²) in [4.78, 5) is 24.0. The van der Waals surface area contributed by atoms with Crippen molar-refractivity contribution in [3.8, 4) is 5.88 Å². The molecule has 0 radical (unpaired) electrons. The van der Waals surface area contributed by atoms with Crippen LogP contribution in [0.5, 0.6) is 5.88 Å². The predicted molar refractivity (Wildman–Crippen MR) is 107 cm³/mol. The van der Waals surface area contributed by atoms with Gasteiger partial charge in [-0.1, -0.05) is 29.8 Å². The SMILES string of the molecule is CC(C)n1c(O)c(N=NC(=O)CNC(=O)c2ccccc2)c2cc(Cl)ccc21. The quantitative estimate of drug-likeness (QED) is 0.613. The largest absolute Gasteiger partial charge is 0.493 e. The van der Waals surface area contributed by atoms with Crippen LogP contribution in [-0.2, 0) is 4.79 Å². The van der Waals surface area contributed by atoms with E-state index in [4.69, 9.17) is 11.6 Å². The smallest absolute Gasteiger partial charge is 0.283 e. The number of hydrogen-bond acceptors (Lipinski definition) is 4. The van der Waals surface area contributed by atoms with E-state index in [9.17, 15) is 14.7 Å². The Bertz CT molecular complexity index is 1060. The number of carbonyl (C=O) groups excluding carboxylic acids is 2. The summed E-state index contributed by atoms with van der Waals surface area (Å²) in [5, 5.41) is 21.6. The van der Waals surface area contributed by atoms with E-state index in [-0.39, 0.29) is 30.1 Å². The van der Waals surface area contributed by atoms with Gasteiger partial charge < -0.3 is 15.0 Å². The molecule has 0 aliphatic carbocycles. The van der Waals surface area contributed by atoms with Gasteiger partial charge in [0.1, 0.15) is 6.54 Å². The van der Waals surface area contributed by atoms with Crippen molar-refractivity contribution < 1.29 is 14.7 Å². The maximum Gasteiger partial charge on any atom is 0.283 e. The average molecular weight is 399 g/mol. The second kappa shape index (κ2) is 8.22. The Kier molecular flexibility index (Phi) is 5.75. The van der Waals surface area contributed by atoms with Crippen LogP contribution in [0.15, 0.2) is 58.8 Å². The van der Waals surface area contributed by atoms with Crippen LogP contribution in [-0.4, -0.2) is 28.0 Å². The summed E-state index contributed by atoms with van der Waals surface area (Å²) in [6, 6.07) is 13.7. The van der Waals surface area contributed by atoms with Gasteiger partial charge in [-0.3, -0.25) is 9.59 Å². The van der Waals surface area contributed by atoms with Crippen molar-refractivity contribution in [1.82, 2.24) is 9.88 Å². The highest BCUT2D eigenvalue weighted by Crippen LogP contribution is 2.41. The number of nitrogens with one attached hydrogen (secondary N) is 1. The molecule has 3 rings (SSSR count). The van der Waals surface area contributed by atoms with E-state index in [0.29, 0.717) is 16.0 Å². The van der Waals surface area contributed by atoms with Gasteiger partial charge in [0.25, 0.3) is 11.8 Å². The lowest BCUT2D eigenvalue weighted by atomic mass is 10.2. The van der Waals surface area contributed by atoms with Gasteiger partial charge in [0, 0.05) is 22.0 Å². The molecule has 1 heterocycles. The van der Waals surface area contributed by atoms with Crippen LogP contribution in [0.2, 0.25) is 5.02 Å². The Morgan fingerprint density at radius 3 is 2.57 bits per heavy atom. The lowest BCUT2D eigenvalue weighted by Crippen LogP contribution is -2.28. The summed E-state index contributed by atoms with van der Waals surface area (Å²) < 4.78 is 1.68. The fourth-order valence-corrected chi connectivity index (χ4v) is 3.04. The minimum absolute atomic E-state index is 0.0338. The van der Waals surface area contributed by atoms with E-state index >= 15 is 0 Å². The predicted octanol–water partition coefficient (Wildman–Crippen LogP) is 4.62. The number of amides is 2. The Morgan fingerprint density at radius 2 is 1.89 bits per heavy atom. The van der Waals surface area contributed by atoms with E-state index in [2.05, 4.69) is 15.5 Å². The summed E-state index contributed by atoms with van der Waals surface area (Å²) in [6.45, 7) is 3.53. The lowest BCUT2D eigenvalue weighted by molar-refractivity contribution is -0.117. The first kappa shape index (κ1) is 19.6.